The van der Waals surface area contributed by atoms with Crippen LogP contribution >= 0.6 is 0 Å². The molecule has 0 spiro atoms. The molecule has 0 fully saturated rings. The fourth-order valence-corrected chi connectivity index (χ4v) is 4.77. The summed E-state index contributed by atoms with van der Waals surface area (Å²) in [6.45, 7) is 6.66. The third kappa shape index (κ3) is 2.98. The van der Waals surface area contributed by atoms with Crippen molar-refractivity contribution in [2.45, 2.75) is 51.4 Å². The molecule has 1 aliphatic rings. The number of rotatable bonds is 4. The summed E-state index contributed by atoms with van der Waals surface area (Å²) >= 11 is 0. The molecule has 0 radical (unpaired) electrons. The van der Waals surface area contributed by atoms with Crippen LogP contribution in [0.15, 0.2) is 72.8 Å². The molecule has 26 heavy (non-hydrogen) atoms. The standard InChI is InChI=1S/C26H28/c1-4-7-23-22-8-5-6-9-24(22)26(21-16-12-19(3)13-17-21)25(23)20-14-10-18(2)11-15-20/h5-6,8-17,23,25-26H,4,7H2,1-3H3. The quantitative estimate of drug-likeness (QED) is 0.474. The number of fused-ring (bicyclic) bond motifs is 1. The highest BCUT2D eigenvalue weighted by Gasteiger charge is 2.41. The molecule has 0 N–H and O–H groups in total. The lowest BCUT2D eigenvalue weighted by atomic mass is 9.76. The molecule has 0 heterocycles. The second-order valence-corrected chi connectivity index (χ2v) is 7.85. The molecule has 0 nitrogen and oxygen atoms in total. The molecule has 0 saturated carbocycles. The molecule has 0 saturated heterocycles. The van der Waals surface area contributed by atoms with E-state index in [0.717, 1.165) is 0 Å². The van der Waals surface area contributed by atoms with Gasteiger partial charge in [0.2, 0.25) is 0 Å². The Morgan fingerprint density at radius 3 is 1.77 bits per heavy atom. The van der Waals surface area contributed by atoms with E-state index < -0.39 is 0 Å². The van der Waals surface area contributed by atoms with Crippen LogP contribution in [0.4, 0.5) is 0 Å². The second kappa shape index (κ2) is 7.11. The van der Waals surface area contributed by atoms with Gasteiger partial charge in [-0.1, -0.05) is 97.3 Å². The van der Waals surface area contributed by atoms with E-state index in [-0.39, 0.29) is 0 Å². The van der Waals surface area contributed by atoms with Crippen molar-refractivity contribution < 1.29 is 0 Å². The van der Waals surface area contributed by atoms with Gasteiger partial charge in [0, 0.05) is 11.8 Å². The van der Waals surface area contributed by atoms with Crippen molar-refractivity contribution in [1.82, 2.24) is 0 Å². The Balaban J connectivity index is 1.88. The molecule has 0 bridgehead atoms. The molecule has 0 aliphatic heterocycles. The van der Waals surface area contributed by atoms with Crippen molar-refractivity contribution in [3.63, 3.8) is 0 Å². The third-order valence-electron chi connectivity index (χ3n) is 6.02. The first-order valence-electron chi connectivity index (χ1n) is 9.91. The number of benzene rings is 3. The van der Waals surface area contributed by atoms with E-state index in [4.69, 9.17) is 0 Å². The summed E-state index contributed by atoms with van der Waals surface area (Å²) in [5, 5.41) is 0. The van der Waals surface area contributed by atoms with Crippen molar-refractivity contribution in [2.24, 2.45) is 0 Å². The maximum atomic E-state index is 2.37. The topological polar surface area (TPSA) is 0 Å². The van der Waals surface area contributed by atoms with Gasteiger partial charge in [0.05, 0.1) is 0 Å². The van der Waals surface area contributed by atoms with Crippen molar-refractivity contribution in [1.29, 1.82) is 0 Å². The molecular formula is C26H28. The molecule has 132 valence electrons. The summed E-state index contributed by atoms with van der Waals surface area (Å²) < 4.78 is 0. The Bertz CT molecular complexity index is 871. The molecule has 0 amide bonds. The second-order valence-electron chi connectivity index (χ2n) is 7.85. The van der Waals surface area contributed by atoms with Crippen LogP contribution in [0.5, 0.6) is 0 Å². The van der Waals surface area contributed by atoms with E-state index in [2.05, 4.69) is 93.6 Å². The van der Waals surface area contributed by atoms with Crippen LogP contribution in [-0.2, 0) is 0 Å². The van der Waals surface area contributed by atoms with Gasteiger partial charge in [-0.25, -0.2) is 0 Å². The third-order valence-corrected chi connectivity index (χ3v) is 6.02. The maximum Gasteiger partial charge on any atom is 0.0167 e. The van der Waals surface area contributed by atoms with Crippen LogP contribution < -0.4 is 0 Å². The average molecular weight is 341 g/mol. The Labute approximate surface area is 157 Å². The molecule has 3 aromatic carbocycles. The highest BCUT2D eigenvalue weighted by Crippen LogP contribution is 2.56. The molecular weight excluding hydrogens is 312 g/mol. The van der Waals surface area contributed by atoms with Crippen LogP contribution in [0, 0.1) is 13.8 Å². The summed E-state index contributed by atoms with van der Waals surface area (Å²) in [6, 6.07) is 27.6. The zero-order valence-corrected chi connectivity index (χ0v) is 16.1. The Morgan fingerprint density at radius 2 is 1.19 bits per heavy atom. The number of aryl methyl sites for hydroxylation is 2. The van der Waals surface area contributed by atoms with Crippen molar-refractivity contribution in [3.8, 4) is 0 Å². The van der Waals surface area contributed by atoms with Crippen molar-refractivity contribution >= 4 is 0 Å². The van der Waals surface area contributed by atoms with Gasteiger partial charge in [-0.2, -0.15) is 0 Å². The average Bonchev–Trinajstić information content (AvgIpc) is 2.98. The van der Waals surface area contributed by atoms with E-state index in [9.17, 15) is 0 Å². The first-order chi connectivity index (χ1) is 12.7. The van der Waals surface area contributed by atoms with E-state index in [0.29, 0.717) is 17.8 Å². The number of hydrogen-bond acceptors (Lipinski definition) is 0. The molecule has 4 rings (SSSR count). The predicted octanol–water partition coefficient (Wildman–Crippen LogP) is 7.12. The minimum Gasteiger partial charge on any atom is -0.0654 e. The highest BCUT2D eigenvalue weighted by atomic mass is 14.4. The minimum atomic E-state index is 0.450. The van der Waals surface area contributed by atoms with Crippen LogP contribution in [0.25, 0.3) is 0 Å². The van der Waals surface area contributed by atoms with Gasteiger partial charge < -0.3 is 0 Å². The van der Waals surface area contributed by atoms with Crippen LogP contribution in [0.2, 0.25) is 0 Å². The van der Waals surface area contributed by atoms with Crippen LogP contribution in [0.3, 0.4) is 0 Å². The monoisotopic (exact) mass is 340 g/mol. The van der Waals surface area contributed by atoms with Crippen molar-refractivity contribution in [2.75, 3.05) is 0 Å². The Kier molecular flexibility index (Phi) is 4.68. The first kappa shape index (κ1) is 17.1. The number of hydrogen-bond donors (Lipinski definition) is 0. The van der Waals surface area contributed by atoms with Gasteiger partial charge >= 0.3 is 0 Å². The van der Waals surface area contributed by atoms with E-state index in [1.54, 1.807) is 5.56 Å². The summed E-state index contributed by atoms with van der Waals surface area (Å²) in [5.74, 6) is 1.58. The normalized spacial score (nSPS) is 21.6. The molecule has 3 atom stereocenters. The Hall–Kier alpha value is -2.34. The zero-order chi connectivity index (χ0) is 18.1. The van der Waals surface area contributed by atoms with Gasteiger partial charge in [-0.05, 0) is 48.4 Å². The molecule has 0 heteroatoms. The molecule has 0 aromatic heterocycles. The van der Waals surface area contributed by atoms with Gasteiger partial charge in [0.15, 0.2) is 0 Å². The van der Waals surface area contributed by atoms with E-state index >= 15 is 0 Å². The summed E-state index contributed by atoms with van der Waals surface area (Å²) in [7, 11) is 0. The van der Waals surface area contributed by atoms with E-state index in [1.165, 1.54) is 40.7 Å². The minimum absolute atomic E-state index is 0.450. The van der Waals surface area contributed by atoms with Crippen molar-refractivity contribution in [3.05, 3.63) is 106 Å². The van der Waals surface area contributed by atoms with Gasteiger partial charge in [0.25, 0.3) is 0 Å². The SMILES string of the molecule is CCCC1c2ccccc2C(c2ccc(C)cc2)C1c1ccc(C)cc1. The fourth-order valence-electron chi connectivity index (χ4n) is 4.77. The predicted molar refractivity (Wildman–Crippen MR) is 111 cm³/mol. The van der Waals surface area contributed by atoms with Gasteiger partial charge in [-0.15, -0.1) is 0 Å². The van der Waals surface area contributed by atoms with Gasteiger partial charge in [-0.3, -0.25) is 0 Å². The van der Waals surface area contributed by atoms with Crippen LogP contribution in [0.1, 0.15) is 70.9 Å². The first-order valence-corrected chi connectivity index (χ1v) is 9.91. The maximum absolute atomic E-state index is 2.37. The molecule has 3 unspecified atom stereocenters. The lowest BCUT2D eigenvalue weighted by Crippen LogP contribution is -2.12. The summed E-state index contributed by atoms with van der Waals surface area (Å²) in [5.41, 5.74) is 8.69. The largest absolute Gasteiger partial charge is 0.0654 e. The Morgan fingerprint density at radius 1 is 0.654 bits per heavy atom. The molecule has 1 aliphatic carbocycles. The summed E-state index contributed by atoms with van der Waals surface area (Å²) in [4.78, 5) is 0. The van der Waals surface area contributed by atoms with E-state index in [1.807, 2.05) is 0 Å². The lowest BCUT2D eigenvalue weighted by Gasteiger charge is -2.27. The highest BCUT2D eigenvalue weighted by molar-refractivity contribution is 5.51. The fraction of sp³-hybridized carbons (Fsp3) is 0.308. The smallest absolute Gasteiger partial charge is 0.0167 e. The lowest BCUT2D eigenvalue weighted by molar-refractivity contribution is 0.504. The molecule has 3 aromatic rings. The van der Waals surface area contributed by atoms with Crippen LogP contribution in [-0.4, -0.2) is 0 Å². The zero-order valence-electron chi connectivity index (χ0n) is 16.1. The van der Waals surface area contributed by atoms with Gasteiger partial charge in [0.1, 0.15) is 0 Å². The summed E-state index contributed by atoms with van der Waals surface area (Å²) in [6.07, 6.45) is 2.47.